The molecule has 4 rings (SSSR count). The SMILES string of the molecule is Cc1ccc(F)cc1C1CC(=NN=C(N)N)c2c(C)ccnc2C1.O=C1CC[C@@H](C(=O)O)N1. The van der Waals surface area contributed by atoms with Crippen molar-refractivity contribution in [3.63, 3.8) is 0 Å². The molecule has 0 saturated carbocycles. The molecule has 1 unspecified atom stereocenters. The van der Waals surface area contributed by atoms with Gasteiger partial charge in [0.1, 0.15) is 11.9 Å². The van der Waals surface area contributed by atoms with E-state index in [0.29, 0.717) is 19.3 Å². The van der Waals surface area contributed by atoms with E-state index in [0.717, 1.165) is 40.1 Å². The molecule has 1 saturated heterocycles. The Labute approximate surface area is 190 Å². The number of amides is 1. The van der Waals surface area contributed by atoms with E-state index in [1.165, 1.54) is 6.07 Å². The summed E-state index contributed by atoms with van der Waals surface area (Å²) in [6.45, 7) is 4.00. The lowest BCUT2D eigenvalue weighted by Crippen LogP contribution is -2.32. The summed E-state index contributed by atoms with van der Waals surface area (Å²) in [5.74, 6) is -1.34. The number of nitrogens with one attached hydrogen (secondary N) is 1. The second kappa shape index (κ2) is 10.2. The van der Waals surface area contributed by atoms with Gasteiger partial charge >= 0.3 is 5.97 Å². The Morgan fingerprint density at radius 3 is 2.58 bits per heavy atom. The van der Waals surface area contributed by atoms with Crippen LogP contribution < -0.4 is 16.8 Å². The van der Waals surface area contributed by atoms with Crippen LogP contribution in [0.4, 0.5) is 4.39 Å². The largest absolute Gasteiger partial charge is 0.480 e. The monoisotopic (exact) mass is 454 g/mol. The summed E-state index contributed by atoms with van der Waals surface area (Å²) in [6, 6.07) is 6.18. The quantitative estimate of drug-likeness (QED) is 0.315. The number of aliphatic carboxylic acids is 1. The zero-order valence-corrected chi connectivity index (χ0v) is 18.5. The maximum Gasteiger partial charge on any atom is 0.326 e. The molecule has 1 aliphatic carbocycles. The Hall–Kier alpha value is -3.82. The standard InChI is InChI=1S/C18H20FN5.C5H7NO3/c1-10-3-4-13(19)9-14(10)12-7-15-17(11(2)5-6-22-15)16(8-12)23-24-18(20)21;7-4-2-1-3(6-4)5(8)9/h3-6,9,12H,7-8H2,1-2H3,(H4,20,21,24);3H,1-2H2,(H,6,7)(H,8,9)/t;3-/m.0/s1. The summed E-state index contributed by atoms with van der Waals surface area (Å²) in [4.78, 5) is 25.0. The van der Waals surface area contributed by atoms with Gasteiger partial charge in [-0.15, -0.1) is 5.10 Å². The number of aromatic nitrogens is 1. The summed E-state index contributed by atoms with van der Waals surface area (Å²) >= 11 is 0. The number of hydrogen-bond donors (Lipinski definition) is 4. The van der Waals surface area contributed by atoms with Crippen molar-refractivity contribution in [3.05, 3.63) is 64.2 Å². The van der Waals surface area contributed by atoms with Crippen LogP contribution in [0.15, 0.2) is 40.7 Å². The van der Waals surface area contributed by atoms with E-state index < -0.39 is 12.0 Å². The van der Waals surface area contributed by atoms with E-state index in [4.69, 9.17) is 16.6 Å². The first-order valence-electron chi connectivity index (χ1n) is 10.5. The Bertz CT molecular complexity index is 1130. The first-order chi connectivity index (χ1) is 15.7. The highest BCUT2D eigenvalue weighted by Crippen LogP contribution is 2.35. The van der Waals surface area contributed by atoms with Crippen LogP contribution >= 0.6 is 0 Å². The zero-order valence-electron chi connectivity index (χ0n) is 18.5. The molecule has 0 bridgehead atoms. The molecule has 2 heterocycles. The molecule has 2 aliphatic rings. The molecule has 1 aliphatic heterocycles. The summed E-state index contributed by atoms with van der Waals surface area (Å²) in [5, 5.41) is 18.7. The first kappa shape index (κ1) is 23.8. The van der Waals surface area contributed by atoms with E-state index in [1.807, 2.05) is 19.9 Å². The minimum Gasteiger partial charge on any atom is -0.480 e. The maximum atomic E-state index is 13.7. The van der Waals surface area contributed by atoms with Gasteiger partial charge in [0.25, 0.3) is 0 Å². The molecule has 174 valence electrons. The Morgan fingerprint density at radius 2 is 1.97 bits per heavy atom. The Morgan fingerprint density at radius 1 is 1.21 bits per heavy atom. The van der Waals surface area contributed by atoms with Gasteiger partial charge in [0.2, 0.25) is 11.9 Å². The molecule has 0 spiro atoms. The number of carbonyl (C=O) groups excluding carboxylic acids is 1. The molecule has 1 aromatic heterocycles. The maximum absolute atomic E-state index is 13.7. The van der Waals surface area contributed by atoms with Gasteiger partial charge in [-0.25, -0.2) is 9.18 Å². The van der Waals surface area contributed by atoms with Crippen molar-refractivity contribution in [1.82, 2.24) is 10.3 Å². The van der Waals surface area contributed by atoms with E-state index in [2.05, 4.69) is 20.5 Å². The summed E-state index contributed by atoms with van der Waals surface area (Å²) in [7, 11) is 0. The number of halogens is 1. The summed E-state index contributed by atoms with van der Waals surface area (Å²) in [6.07, 6.45) is 3.93. The van der Waals surface area contributed by atoms with Crippen molar-refractivity contribution in [2.45, 2.75) is 51.5 Å². The normalized spacial score (nSPS) is 20.3. The van der Waals surface area contributed by atoms with Crippen LogP contribution in [0.25, 0.3) is 0 Å². The molecule has 2 aromatic rings. The molecule has 1 amide bonds. The number of fused-ring (bicyclic) bond motifs is 1. The highest BCUT2D eigenvalue weighted by molar-refractivity contribution is 6.04. The fraction of sp³-hybridized carbons (Fsp3) is 0.348. The van der Waals surface area contributed by atoms with Gasteiger partial charge in [0.15, 0.2) is 0 Å². The van der Waals surface area contributed by atoms with Gasteiger partial charge < -0.3 is 21.9 Å². The third kappa shape index (κ3) is 5.91. The smallest absolute Gasteiger partial charge is 0.326 e. The second-order valence-corrected chi connectivity index (χ2v) is 8.12. The van der Waals surface area contributed by atoms with Crippen LogP contribution in [0, 0.1) is 19.7 Å². The number of nitrogens with two attached hydrogens (primary N) is 2. The lowest BCUT2D eigenvalue weighted by atomic mass is 9.79. The molecule has 0 radical (unpaired) electrons. The predicted molar refractivity (Wildman–Crippen MR) is 122 cm³/mol. The number of benzene rings is 1. The predicted octanol–water partition coefficient (Wildman–Crippen LogP) is 1.89. The van der Waals surface area contributed by atoms with Crippen molar-refractivity contribution in [3.8, 4) is 0 Å². The molecular weight excluding hydrogens is 427 g/mol. The average Bonchev–Trinajstić information content (AvgIpc) is 3.21. The number of rotatable bonds is 3. The molecule has 2 atom stereocenters. The third-order valence-corrected chi connectivity index (χ3v) is 5.67. The number of pyridine rings is 1. The van der Waals surface area contributed by atoms with Crippen LogP contribution in [0.3, 0.4) is 0 Å². The minimum absolute atomic E-state index is 0.0883. The number of carbonyl (C=O) groups is 2. The van der Waals surface area contributed by atoms with Crippen LogP contribution in [0.5, 0.6) is 0 Å². The van der Waals surface area contributed by atoms with Gasteiger partial charge in [-0.3, -0.25) is 9.78 Å². The first-order valence-corrected chi connectivity index (χ1v) is 10.5. The molecule has 10 heteroatoms. The summed E-state index contributed by atoms with van der Waals surface area (Å²) in [5.41, 5.74) is 16.7. The molecule has 1 fully saturated rings. The molecule has 1 aromatic carbocycles. The number of carboxylic acid groups (broad SMARTS) is 1. The molecular formula is C23H27FN6O3. The fourth-order valence-electron chi connectivity index (χ4n) is 4.08. The van der Waals surface area contributed by atoms with E-state index in [9.17, 15) is 14.0 Å². The lowest BCUT2D eigenvalue weighted by Gasteiger charge is -2.27. The van der Waals surface area contributed by atoms with E-state index in [-0.39, 0.29) is 23.6 Å². The van der Waals surface area contributed by atoms with Crippen LogP contribution in [0.1, 0.15) is 53.1 Å². The average molecular weight is 455 g/mol. The summed E-state index contributed by atoms with van der Waals surface area (Å²) < 4.78 is 13.7. The van der Waals surface area contributed by atoms with Crippen molar-refractivity contribution in [2.24, 2.45) is 21.7 Å². The highest BCUT2D eigenvalue weighted by atomic mass is 19.1. The van der Waals surface area contributed by atoms with Gasteiger partial charge in [0, 0.05) is 18.2 Å². The van der Waals surface area contributed by atoms with E-state index >= 15 is 0 Å². The van der Waals surface area contributed by atoms with Crippen molar-refractivity contribution >= 4 is 23.5 Å². The number of carboxylic acids is 1. The van der Waals surface area contributed by atoms with Gasteiger partial charge in [-0.05, 0) is 73.9 Å². The Balaban J connectivity index is 0.000000286. The topological polar surface area (TPSA) is 156 Å². The number of hydrogen-bond acceptors (Lipinski definition) is 5. The van der Waals surface area contributed by atoms with Crippen LogP contribution in [-0.4, -0.2) is 39.7 Å². The van der Waals surface area contributed by atoms with Gasteiger partial charge in [-0.1, -0.05) is 6.07 Å². The van der Waals surface area contributed by atoms with Crippen molar-refractivity contribution in [1.29, 1.82) is 0 Å². The molecule has 33 heavy (non-hydrogen) atoms. The third-order valence-electron chi connectivity index (χ3n) is 5.67. The molecule has 9 nitrogen and oxygen atoms in total. The number of aryl methyl sites for hydroxylation is 2. The Kier molecular flexibility index (Phi) is 7.37. The van der Waals surface area contributed by atoms with Gasteiger partial charge in [0.05, 0.1) is 11.4 Å². The highest BCUT2D eigenvalue weighted by Gasteiger charge is 2.28. The molecule has 6 N–H and O–H groups in total. The number of nitrogens with zero attached hydrogens (tertiary/aromatic N) is 3. The van der Waals surface area contributed by atoms with Crippen molar-refractivity contribution in [2.75, 3.05) is 0 Å². The van der Waals surface area contributed by atoms with Crippen molar-refractivity contribution < 1.29 is 19.1 Å². The number of guanidine groups is 1. The van der Waals surface area contributed by atoms with Crippen LogP contribution in [-0.2, 0) is 16.0 Å². The van der Waals surface area contributed by atoms with E-state index in [1.54, 1.807) is 18.3 Å². The fourth-order valence-corrected chi connectivity index (χ4v) is 4.08. The zero-order chi connectivity index (χ0) is 24.1. The van der Waals surface area contributed by atoms with Gasteiger partial charge in [-0.2, -0.15) is 5.10 Å². The second-order valence-electron chi connectivity index (χ2n) is 8.12. The minimum atomic E-state index is -0.944. The lowest BCUT2D eigenvalue weighted by molar-refractivity contribution is -0.140. The van der Waals surface area contributed by atoms with Crippen LogP contribution in [0.2, 0.25) is 0 Å².